The topological polar surface area (TPSA) is 37.4 Å². The molecule has 0 unspecified atom stereocenters. The molecule has 3 aliphatic heterocycles. The van der Waals surface area contributed by atoms with Gasteiger partial charge in [-0.15, -0.1) is 0 Å². The van der Waals surface area contributed by atoms with Gasteiger partial charge in [-0.3, -0.25) is 0 Å². The van der Waals surface area contributed by atoms with Crippen LogP contribution in [0.2, 0.25) is 0 Å². The number of hydrogen-bond acceptors (Lipinski definition) is 8. The molecular weight excluding hydrogens is 1660 g/mol. The number of para-hydroxylation sites is 5. The third-order valence-corrected chi connectivity index (χ3v) is 27.9. The van der Waals surface area contributed by atoms with E-state index in [1.165, 1.54) is 116 Å². The van der Waals surface area contributed by atoms with Crippen molar-refractivity contribution in [1.82, 2.24) is 0 Å². The van der Waals surface area contributed by atoms with Gasteiger partial charge in [0.2, 0.25) is 0 Å². The molecule has 133 heavy (non-hydrogen) atoms. The van der Waals surface area contributed by atoms with E-state index in [4.69, 9.17) is 14.2 Å². The second-order valence-electron chi connectivity index (χ2n) is 34.2. The smallest absolute Gasteiger partial charge is 0.142 e. The van der Waals surface area contributed by atoms with Gasteiger partial charge in [0.15, 0.2) is 0 Å². The van der Waals surface area contributed by atoms with Crippen LogP contribution in [0.5, 0.6) is 34.5 Å². The summed E-state index contributed by atoms with van der Waals surface area (Å²) in [7, 11) is 0. The van der Waals surface area contributed by atoms with Crippen LogP contribution in [0.4, 0.5) is 51.2 Å². The lowest BCUT2D eigenvalue weighted by molar-refractivity contribution is 0.418. The van der Waals surface area contributed by atoms with Crippen LogP contribution in [0.3, 0.4) is 0 Å². The molecule has 6 nitrogen and oxygen atoms in total. The first-order valence-electron chi connectivity index (χ1n) is 45.1. The summed E-state index contributed by atoms with van der Waals surface area (Å²) in [5.41, 5.74) is 31.9. The van der Waals surface area contributed by atoms with Gasteiger partial charge in [-0.2, -0.15) is 0 Å². The van der Waals surface area contributed by atoms with Crippen LogP contribution in [0.1, 0.15) is 25.0 Å². The van der Waals surface area contributed by atoms with Crippen LogP contribution < -0.4 is 28.9 Å². The molecule has 21 aromatic carbocycles. The number of nitrogens with zero attached hydrogens (tertiary/aromatic N) is 3. The fourth-order valence-corrected chi connectivity index (χ4v) is 20.8. The third-order valence-electron chi connectivity index (χ3n) is 25.7. The first-order valence-corrected chi connectivity index (χ1v) is 46.8. The molecule has 3 heterocycles. The molecule has 0 saturated heterocycles. The number of ether oxygens (including phenoxy) is 3. The van der Waals surface area contributed by atoms with E-state index in [1.807, 2.05) is 30.3 Å². The summed E-state index contributed by atoms with van der Waals surface area (Å²) in [4.78, 5) is 11.6. The van der Waals surface area contributed by atoms with E-state index in [0.29, 0.717) is 0 Å². The Morgan fingerprint density at radius 2 is 0.504 bits per heavy atom. The van der Waals surface area contributed by atoms with Gasteiger partial charge in [0.05, 0.1) is 25.3 Å². The molecule has 0 N–H and O–H groups in total. The molecule has 0 bridgehead atoms. The molecule has 8 heteroatoms. The summed E-state index contributed by atoms with van der Waals surface area (Å²) >= 11 is 3.52. The minimum Gasteiger partial charge on any atom is -0.457 e. The number of fused-ring (bicyclic) bond motifs is 12. The van der Waals surface area contributed by atoms with Crippen LogP contribution in [0.15, 0.2) is 511 Å². The van der Waals surface area contributed by atoms with Crippen molar-refractivity contribution in [3.63, 3.8) is 0 Å². The van der Waals surface area contributed by atoms with Gasteiger partial charge in [0.25, 0.3) is 0 Å². The Bertz CT molecular complexity index is 7860. The molecule has 0 amide bonds. The van der Waals surface area contributed by atoms with E-state index in [2.05, 4.69) is 490 Å². The van der Waals surface area contributed by atoms with Crippen molar-refractivity contribution in [2.24, 2.45) is 0 Å². The Balaban J connectivity index is 0.000000115. The predicted octanol–water partition coefficient (Wildman–Crippen LogP) is 36.4. The number of rotatable bonds is 15. The van der Waals surface area contributed by atoms with Gasteiger partial charge in [0, 0.05) is 72.8 Å². The maximum Gasteiger partial charge on any atom is 0.142 e. The van der Waals surface area contributed by atoms with Gasteiger partial charge in [-0.1, -0.05) is 353 Å². The maximum atomic E-state index is 6.34. The Kier molecular flexibility index (Phi) is 21.5. The van der Waals surface area contributed by atoms with Crippen LogP contribution in [-0.4, -0.2) is 0 Å². The molecule has 0 spiro atoms. The van der Waals surface area contributed by atoms with E-state index in [9.17, 15) is 0 Å². The molecule has 25 rings (SSSR count). The van der Waals surface area contributed by atoms with Crippen molar-refractivity contribution in [1.29, 1.82) is 0 Å². The highest BCUT2D eigenvalue weighted by molar-refractivity contribution is 8.00. The summed E-state index contributed by atoms with van der Waals surface area (Å²) in [5, 5.41) is 4.91. The lowest BCUT2D eigenvalue weighted by Gasteiger charge is -2.34. The van der Waals surface area contributed by atoms with Crippen molar-refractivity contribution in [3.8, 4) is 124 Å². The minimum absolute atomic E-state index is 0.169. The Morgan fingerprint density at radius 1 is 0.180 bits per heavy atom. The zero-order chi connectivity index (χ0) is 88.7. The zero-order valence-electron chi connectivity index (χ0n) is 73.1. The van der Waals surface area contributed by atoms with Gasteiger partial charge in [-0.05, 0) is 276 Å². The lowest BCUT2D eigenvalue weighted by Crippen LogP contribution is -2.24. The Morgan fingerprint density at radius 3 is 1.06 bits per heavy atom. The quantitative estimate of drug-likeness (QED) is 0.0940. The van der Waals surface area contributed by atoms with Crippen molar-refractivity contribution >= 4 is 96.3 Å². The summed E-state index contributed by atoms with van der Waals surface area (Å²) < 4.78 is 18.7. The van der Waals surface area contributed by atoms with E-state index >= 15 is 0 Å². The van der Waals surface area contributed by atoms with Crippen LogP contribution in [0.25, 0.3) is 111 Å². The fraction of sp³-hybridized carbons (Fsp3) is 0.0240. The van der Waals surface area contributed by atoms with Crippen molar-refractivity contribution < 1.29 is 14.2 Å². The van der Waals surface area contributed by atoms with E-state index in [-0.39, 0.29) is 5.41 Å². The molecule has 0 aromatic heterocycles. The largest absolute Gasteiger partial charge is 0.457 e. The average Bonchev–Trinajstić information content (AvgIpc) is 0.735. The van der Waals surface area contributed by atoms with E-state index in [0.717, 1.165) is 111 Å². The summed E-state index contributed by atoms with van der Waals surface area (Å²) in [6.45, 7) is 4.57. The van der Waals surface area contributed by atoms with Crippen molar-refractivity contribution in [3.05, 3.63) is 503 Å². The third kappa shape index (κ3) is 16.0. The molecule has 4 aliphatic rings. The van der Waals surface area contributed by atoms with Crippen LogP contribution in [0, 0.1) is 0 Å². The molecule has 0 atom stereocenters. The Labute approximate surface area is 784 Å². The highest BCUT2D eigenvalue weighted by Gasteiger charge is 2.35. The van der Waals surface area contributed by atoms with Crippen LogP contribution in [-0.2, 0) is 5.41 Å². The first kappa shape index (κ1) is 81.1. The lowest BCUT2D eigenvalue weighted by atomic mass is 9.75. The zero-order valence-corrected chi connectivity index (χ0v) is 74.8. The summed E-state index contributed by atoms with van der Waals surface area (Å²) in [5.74, 6) is 5.52. The minimum atomic E-state index is -0.169. The molecule has 632 valence electrons. The number of benzene rings is 21. The molecule has 21 aromatic rings. The highest BCUT2D eigenvalue weighted by atomic mass is 32.2. The maximum absolute atomic E-state index is 6.34. The van der Waals surface area contributed by atoms with E-state index < -0.39 is 0 Å². The van der Waals surface area contributed by atoms with Crippen LogP contribution >= 0.6 is 23.5 Å². The second-order valence-corrected chi connectivity index (χ2v) is 36.4. The number of anilines is 9. The van der Waals surface area contributed by atoms with E-state index in [1.54, 1.807) is 23.5 Å². The van der Waals surface area contributed by atoms with Gasteiger partial charge < -0.3 is 28.9 Å². The Hall–Kier alpha value is -16.4. The van der Waals surface area contributed by atoms with Gasteiger partial charge >= 0.3 is 0 Å². The summed E-state index contributed by atoms with van der Waals surface area (Å²) in [6.07, 6.45) is 0. The summed E-state index contributed by atoms with van der Waals surface area (Å²) in [6, 6.07) is 175. The monoisotopic (exact) mass is 1740 g/mol. The van der Waals surface area contributed by atoms with Crippen molar-refractivity contribution in [2.45, 2.75) is 38.8 Å². The van der Waals surface area contributed by atoms with Gasteiger partial charge in [-0.25, -0.2) is 0 Å². The molecule has 1 aliphatic carbocycles. The van der Waals surface area contributed by atoms with Crippen molar-refractivity contribution in [2.75, 3.05) is 14.7 Å². The normalized spacial score (nSPS) is 12.3. The molecule has 0 radical (unpaired) electrons. The second kappa shape index (κ2) is 35.2. The standard InChI is InChI=1S/C51H39NO.C38H25NOS.C36H23NOS/c1-51(2)47-18-9-10-19-49(47)53-50-33-26-43(35-48(50)51)40-24-31-46(32-25-40)52(44-27-20-38(21-28-44)36-12-5-3-6-13-36)45-29-22-39(23-30-45)42-17-11-16-41(34-42)37-14-7-4-8-15-37;1-2-12-30(13-3-1)39(38-32-14-6-4-10-28(32)24-29-11-5-7-15-33(29)38)31-21-18-26(19-22-31)27-20-23-37-35(25-27)40-34-16-8-9-17-36(34)41-37;1-2-8-26(9-3-1)37(28-19-20-31-29-10-4-5-11-30(29)32(31)23-28)27-17-14-24(15-18-27)25-16-21-34-36(22-25)39-35-13-7-6-12-33(35)38-34/h3-35H,1-2H3;1-25H;1-23H. The predicted molar refractivity (Wildman–Crippen MR) is 555 cm³/mol. The van der Waals surface area contributed by atoms with Gasteiger partial charge in [0.1, 0.15) is 34.5 Å². The molecular formula is C125H87N3O3S2. The molecule has 0 fully saturated rings. The highest BCUT2D eigenvalue weighted by Crippen LogP contribution is 2.55. The molecule has 0 saturated carbocycles. The fourth-order valence-electron chi connectivity index (χ4n) is 18.9. The average molecular weight is 1740 g/mol. The SMILES string of the molecule is CC1(C)c2ccccc2Oc2ccc(-c3ccc(N(c4ccc(-c5ccccc5)cc4)c4ccc(-c5cccc(-c6ccccc6)c5)cc4)cc3)cc21.c1ccc(N(c2ccc(-c3ccc4c(c3)Oc3ccccc3S4)cc2)c2c3ccccc3cc3ccccc23)cc1.c1ccc(N(c2ccc(-c3ccc4c(c3)Sc3ccccc3O4)cc2)c2ccc3c(c2)-c2ccccc2-3)cc1. The first-order chi connectivity index (χ1) is 65.6. The number of hydrogen-bond donors (Lipinski definition) is 0.